The molecule has 0 saturated carbocycles. The Labute approximate surface area is 219 Å². The first kappa shape index (κ1) is 25.0. The Hall–Kier alpha value is -2.66. The van der Waals surface area contributed by atoms with Gasteiger partial charge in [-0.3, -0.25) is 0 Å². The monoisotopic (exact) mass is 510 g/mol. The molecule has 184 valence electrons. The molecule has 1 aliphatic rings. The molecule has 4 aromatic rings. The van der Waals surface area contributed by atoms with Crippen LogP contribution >= 0.6 is 15.8 Å². The lowest BCUT2D eigenvalue weighted by molar-refractivity contribution is 0.965. The number of nitrogens with zero attached hydrogens (tertiary/aromatic N) is 2. The zero-order valence-electron chi connectivity index (χ0n) is 21.4. The van der Waals surface area contributed by atoms with Crippen LogP contribution in [0.3, 0.4) is 0 Å². The number of anilines is 2. The third-order valence-electron chi connectivity index (χ3n) is 6.78. The summed E-state index contributed by atoms with van der Waals surface area (Å²) in [6, 6.07) is 40.6. The van der Waals surface area contributed by atoms with E-state index in [-0.39, 0.29) is 15.8 Å². The Morgan fingerprint density at radius 1 is 0.472 bits per heavy atom. The second-order valence-electron chi connectivity index (χ2n) is 9.95. The van der Waals surface area contributed by atoms with Crippen LogP contribution in [-0.4, -0.2) is 25.1 Å². The van der Waals surface area contributed by atoms with Crippen molar-refractivity contribution in [3.05, 3.63) is 131 Å². The molecule has 5 rings (SSSR count). The summed E-state index contributed by atoms with van der Waals surface area (Å²) in [6.07, 6.45) is 6.90. The van der Waals surface area contributed by atoms with Gasteiger partial charge in [-0.15, -0.1) is 0 Å². The lowest BCUT2D eigenvalue weighted by atomic mass is 10.2. The van der Waals surface area contributed by atoms with Gasteiger partial charge in [0.25, 0.3) is 0 Å². The molecule has 1 heterocycles. The van der Waals surface area contributed by atoms with Crippen molar-refractivity contribution >= 4 is 27.2 Å². The Morgan fingerprint density at radius 2 is 0.806 bits per heavy atom. The van der Waals surface area contributed by atoms with Crippen LogP contribution in [0.25, 0.3) is 0 Å². The molecule has 1 fully saturated rings. The number of hydrogen-bond acceptors (Lipinski definition) is 2. The fourth-order valence-corrected chi connectivity index (χ4v) is 10.2. The molecule has 0 amide bonds. The molecule has 0 spiro atoms. The summed E-state index contributed by atoms with van der Waals surface area (Å²) in [5.74, 6) is 0. The van der Waals surface area contributed by atoms with Gasteiger partial charge in [-0.25, -0.2) is 0 Å². The molecular formula is C32H36N2P2. The van der Waals surface area contributed by atoms with Crippen LogP contribution in [0.4, 0.5) is 11.4 Å². The molecule has 0 radical (unpaired) electrons. The third-order valence-corrected chi connectivity index (χ3v) is 11.4. The summed E-state index contributed by atoms with van der Waals surface area (Å²) in [6.45, 7) is 4.36. The van der Waals surface area contributed by atoms with E-state index in [1.165, 1.54) is 33.6 Å². The maximum absolute atomic E-state index is 2.72. The highest BCUT2D eigenvalue weighted by molar-refractivity contribution is 7.59. The average Bonchev–Trinajstić information content (AvgIpc) is 2.89. The standard InChI is InChI=1S/C32H36N2P2/c1-27-13-17-31(18-14-27)33-23-35(21-29-9-5-3-6-10-29)25-34(32-19-15-28(2)16-20-32)26-36(24-33)22-30-11-7-4-8-12-30/h3-20H,21-26H2,1-2H3. The first-order chi connectivity index (χ1) is 17.6. The number of rotatable bonds is 6. The van der Waals surface area contributed by atoms with Crippen LogP contribution in [0.5, 0.6) is 0 Å². The molecule has 0 atom stereocenters. The van der Waals surface area contributed by atoms with Crippen LogP contribution < -0.4 is 9.80 Å². The van der Waals surface area contributed by atoms with Crippen molar-refractivity contribution in [3.63, 3.8) is 0 Å². The van der Waals surface area contributed by atoms with Crippen molar-refractivity contribution in [2.45, 2.75) is 26.2 Å². The molecule has 0 unspecified atom stereocenters. The minimum absolute atomic E-state index is 0.249. The zero-order chi connectivity index (χ0) is 24.7. The van der Waals surface area contributed by atoms with Gasteiger partial charge in [-0.05, 0) is 61.6 Å². The van der Waals surface area contributed by atoms with Gasteiger partial charge in [0, 0.05) is 36.5 Å². The van der Waals surface area contributed by atoms with Crippen LogP contribution in [0, 0.1) is 13.8 Å². The Morgan fingerprint density at radius 3 is 1.14 bits per heavy atom. The first-order valence-electron chi connectivity index (χ1n) is 12.8. The molecule has 0 aromatic heterocycles. The predicted molar refractivity (Wildman–Crippen MR) is 161 cm³/mol. The van der Waals surface area contributed by atoms with E-state index in [9.17, 15) is 0 Å². The van der Waals surface area contributed by atoms with Gasteiger partial charge in [-0.2, -0.15) is 0 Å². The van der Waals surface area contributed by atoms with Crippen LogP contribution in [-0.2, 0) is 12.3 Å². The fourth-order valence-electron chi connectivity index (χ4n) is 4.87. The van der Waals surface area contributed by atoms with E-state index >= 15 is 0 Å². The van der Waals surface area contributed by atoms with E-state index in [0.29, 0.717) is 0 Å². The molecular weight excluding hydrogens is 474 g/mol. The van der Waals surface area contributed by atoms with E-state index < -0.39 is 0 Å². The van der Waals surface area contributed by atoms with Gasteiger partial charge in [0.2, 0.25) is 0 Å². The summed E-state index contributed by atoms with van der Waals surface area (Å²) in [4.78, 5) is 5.43. The SMILES string of the molecule is Cc1ccc(N2CP(Cc3ccccc3)CN(c3ccc(C)cc3)CP(Cc3ccccc3)C2)cc1. The molecule has 0 aliphatic carbocycles. The van der Waals surface area contributed by atoms with Crippen LogP contribution in [0.2, 0.25) is 0 Å². The normalized spacial score (nSPS) is 18.5. The molecule has 0 bridgehead atoms. The maximum atomic E-state index is 2.72. The highest BCUT2D eigenvalue weighted by Gasteiger charge is 2.27. The molecule has 1 aliphatic heterocycles. The highest BCUT2D eigenvalue weighted by atomic mass is 31.1. The van der Waals surface area contributed by atoms with Gasteiger partial charge in [0.05, 0.1) is 0 Å². The van der Waals surface area contributed by atoms with Crippen molar-refractivity contribution in [2.24, 2.45) is 0 Å². The van der Waals surface area contributed by atoms with Gasteiger partial charge < -0.3 is 9.80 Å². The van der Waals surface area contributed by atoms with E-state index in [0.717, 1.165) is 37.5 Å². The smallest absolute Gasteiger partial charge is 0.0400 e. The molecule has 0 N–H and O–H groups in total. The van der Waals surface area contributed by atoms with Gasteiger partial charge in [0.1, 0.15) is 0 Å². The Kier molecular flexibility index (Phi) is 8.37. The van der Waals surface area contributed by atoms with Gasteiger partial charge >= 0.3 is 0 Å². The lowest BCUT2D eigenvalue weighted by Crippen LogP contribution is -2.35. The van der Waals surface area contributed by atoms with Crippen molar-refractivity contribution in [2.75, 3.05) is 34.9 Å². The lowest BCUT2D eigenvalue weighted by Gasteiger charge is -2.41. The molecule has 4 aromatic carbocycles. The fraction of sp³-hybridized carbons (Fsp3) is 0.250. The van der Waals surface area contributed by atoms with E-state index in [4.69, 9.17) is 0 Å². The Balaban J connectivity index is 1.47. The largest absolute Gasteiger partial charge is 0.363 e. The minimum Gasteiger partial charge on any atom is -0.363 e. The van der Waals surface area contributed by atoms with Crippen molar-refractivity contribution in [3.8, 4) is 0 Å². The average molecular weight is 511 g/mol. The quantitative estimate of drug-likeness (QED) is 0.239. The number of hydrogen-bond donors (Lipinski definition) is 0. The number of benzene rings is 4. The second kappa shape index (κ2) is 12.1. The summed E-state index contributed by atoms with van der Waals surface area (Å²) in [5, 5.41) is 0. The molecule has 1 saturated heterocycles. The van der Waals surface area contributed by atoms with E-state index in [1.807, 2.05) is 0 Å². The maximum Gasteiger partial charge on any atom is 0.0400 e. The summed E-state index contributed by atoms with van der Waals surface area (Å²) < 4.78 is 0. The topological polar surface area (TPSA) is 6.48 Å². The van der Waals surface area contributed by atoms with Crippen LogP contribution in [0.1, 0.15) is 22.3 Å². The minimum atomic E-state index is -0.249. The predicted octanol–water partition coefficient (Wildman–Crippen LogP) is 8.82. The summed E-state index contributed by atoms with van der Waals surface area (Å²) in [5.41, 5.74) is 8.34. The Bertz CT molecular complexity index is 1100. The summed E-state index contributed by atoms with van der Waals surface area (Å²) in [7, 11) is -0.498. The third kappa shape index (κ3) is 6.76. The zero-order valence-corrected chi connectivity index (χ0v) is 23.2. The number of aryl methyl sites for hydroxylation is 2. The van der Waals surface area contributed by atoms with E-state index in [1.54, 1.807) is 0 Å². The molecule has 36 heavy (non-hydrogen) atoms. The summed E-state index contributed by atoms with van der Waals surface area (Å²) >= 11 is 0. The van der Waals surface area contributed by atoms with Crippen molar-refractivity contribution in [1.82, 2.24) is 0 Å². The first-order valence-corrected chi connectivity index (χ1v) is 16.6. The van der Waals surface area contributed by atoms with Gasteiger partial charge in [-0.1, -0.05) is 112 Å². The van der Waals surface area contributed by atoms with Gasteiger partial charge in [0.15, 0.2) is 0 Å². The van der Waals surface area contributed by atoms with Crippen LogP contribution in [0.15, 0.2) is 109 Å². The highest BCUT2D eigenvalue weighted by Crippen LogP contribution is 2.51. The molecule has 4 heteroatoms. The van der Waals surface area contributed by atoms with E-state index in [2.05, 4.69) is 133 Å². The second-order valence-corrected chi connectivity index (χ2v) is 14.4. The van der Waals surface area contributed by atoms with Crippen molar-refractivity contribution < 1.29 is 0 Å². The van der Waals surface area contributed by atoms with Crippen molar-refractivity contribution in [1.29, 1.82) is 0 Å². The molecule has 2 nitrogen and oxygen atoms in total.